The molecular formula is C11H20ClF3N2O. The Morgan fingerprint density at radius 3 is 2.33 bits per heavy atom. The minimum absolute atomic E-state index is 0. The molecule has 0 radical (unpaired) electrons. The third-order valence-corrected chi connectivity index (χ3v) is 3.08. The number of piperidine rings is 1. The van der Waals surface area contributed by atoms with Crippen LogP contribution in [0.3, 0.4) is 0 Å². The zero-order valence-corrected chi connectivity index (χ0v) is 11.2. The third-order valence-electron chi connectivity index (χ3n) is 3.08. The number of rotatable bonds is 4. The van der Waals surface area contributed by atoms with E-state index in [1.807, 2.05) is 7.05 Å². The van der Waals surface area contributed by atoms with Crippen LogP contribution in [0.2, 0.25) is 0 Å². The van der Waals surface area contributed by atoms with Gasteiger partial charge in [-0.25, -0.2) is 0 Å². The quantitative estimate of drug-likeness (QED) is 0.860. The number of likely N-dealkylation sites (tertiary alicyclic amines) is 1. The molecule has 0 aliphatic carbocycles. The van der Waals surface area contributed by atoms with E-state index in [1.54, 1.807) is 4.90 Å². The van der Waals surface area contributed by atoms with Crippen LogP contribution >= 0.6 is 12.4 Å². The van der Waals surface area contributed by atoms with E-state index in [4.69, 9.17) is 0 Å². The van der Waals surface area contributed by atoms with Crippen LogP contribution in [-0.2, 0) is 4.79 Å². The summed E-state index contributed by atoms with van der Waals surface area (Å²) in [6, 6.07) is 0. The summed E-state index contributed by atoms with van der Waals surface area (Å²) in [5.74, 6) is 0.164. The fraction of sp³-hybridized carbons (Fsp3) is 0.909. The molecule has 3 nitrogen and oxygen atoms in total. The summed E-state index contributed by atoms with van der Waals surface area (Å²) in [6.07, 6.45) is -3.92. The first kappa shape index (κ1) is 17.5. The van der Waals surface area contributed by atoms with Gasteiger partial charge in [-0.2, -0.15) is 13.2 Å². The Morgan fingerprint density at radius 2 is 1.89 bits per heavy atom. The first-order valence-electron chi connectivity index (χ1n) is 5.91. The summed E-state index contributed by atoms with van der Waals surface area (Å²) >= 11 is 0. The number of amides is 1. The average Bonchev–Trinajstić information content (AvgIpc) is 2.26. The van der Waals surface area contributed by atoms with E-state index >= 15 is 0 Å². The van der Waals surface area contributed by atoms with E-state index in [0.29, 0.717) is 19.0 Å². The molecule has 108 valence electrons. The zero-order chi connectivity index (χ0) is 12.9. The Kier molecular flexibility index (Phi) is 7.62. The lowest BCUT2D eigenvalue weighted by Gasteiger charge is -2.32. The van der Waals surface area contributed by atoms with Gasteiger partial charge in [0.25, 0.3) is 0 Å². The molecule has 0 saturated carbocycles. The minimum atomic E-state index is -4.24. The van der Waals surface area contributed by atoms with Crippen LogP contribution in [0.25, 0.3) is 0 Å². The van der Waals surface area contributed by atoms with E-state index in [1.165, 1.54) is 0 Å². The Morgan fingerprint density at radius 1 is 1.33 bits per heavy atom. The molecule has 1 heterocycles. The van der Waals surface area contributed by atoms with Gasteiger partial charge in [-0.05, 0) is 32.4 Å². The number of hydrogen-bond donors (Lipinski definition) is 1. The summed E-state index contributed by atoms with van der Waals surface area (Å²) in [4.78, 5) is 13.1. The molecule has 0 atom stereocenters. The maximum atomic E-state index is 12.0. The number of nitrogens with zero attached hydrogens (tertiary/aromatic N) is 1. The molecule has 1 rings (SSSR count). The SMILES string of the molecule is CNCC1CCN(C(=O)CCC(F)(F)F)CC1.Cl. The highest BCUT2D eigenvalue weighted by Gasteiger charge is 2.30. The molecule has 1 aliphatic heterocycles. The van der Waals surface area contributed by atoms with Gasteiger partial charge in [0.1, 0.15) is 0 Å². The smallest absolute Gasteiger partial charge is 0.343 e. The van der Waals surface area contributed by atoms with Gasteiger partial charge >= 0.3 is 6.18 Å². The highest BCUT2D eigenvalue weighted by Crippen LogP contribution is 2.23. The standard InChI is InChI=1S/C11H19F3N2O.ClH/c1-15-8-9-3-6-16(7-4-9)10(17)2-5-11(12,13)14;/h9,15H,2-8H2,1H3;1H. The molecule has 0 bridgehead atoms. The fourth-order valence-corrected chi connectivity index (χ4v) is 2.08. The summed E-state index contributed by atoms with van der Waals surface area (Å²) in [7, 11) is 1.88. The number of nitrogens with one attached hydrogen (secondary N) is 1. The van der Waals surface area contributed by atoms with Gasteiger partial charge in [0.2, 0.25) is 5.91 Å². The van der Waals surface area contributed by atoms with Crippen molar-refractivity contribution in [2.45, 2.75) is 31.9 Å². The van der Waals surface area contributed by atoms with Gasteiger partial charge in [0.05, 0.1) is 6.42 Å². The van der Waals surface area contributed by atoms with Crippen molar-refractivity contribution in [2.75, 3.05) is 26.7 Å². The lowest BCUT2D eigenvalue weighted by Crippen LogP contribution is -2.40. The summed E-state index contributed by atoms with van der Waals surface area (Å²) < 4.78 is 35.9. The van der Waals surface area contributed by atoms with Crippen molar-refractivity contribution in [3.05, 3.63) is 0 Å². The van der Waals surface area contributed by atoms with Crippen LogP contribution < -0.4 is 5.32 Å². The van der Waals surface area contributed by atoms with Gasteiger partial charge in [-0.3, -0.25) is 4.79 Å². The van der Waals surface area contributed by atoms with E-state index in [2.05, 4.69) is 5.32 Å². The molecule has 0 aromatic carbocycles. The molecule has 18 heavy (non-hydrogen) atoms. The Balaban J connectivity index is 0.00000289. The second-order valence-electron chi connectivity index (χ2n) is 4.50. The normalized spacial score (nSPS) is 17.4. The minimum Gasteiger partial charge on any atom is -0.343 e. The van der Waals surface area contributed by atoms with Crippen molar-refractivity contribution < 1.29 is 18.0 Å². The molecule has 7 heteroatoms. The lowest BCUT2D eigenvalue weighted by molar-refractivity contribution is -0.149. The number of halogens is 4. The second-order valence-corrected chi connectivity index (χ2v) is 4.50. The lowest BCUT2D eigenvalue weighted by atomic mass is 9.96. The third kappa shape index (κ3) is 6.44. The van der Waals surface area contributed by atoms with Crippen LogP contribution in [0.4, 0.5) is 13.2 Å². The number of hydrogen-bond acceptors (Lipinski definition) is 2. The van der Waals surface area contributed by atoms with Gasteiger partial charge in [0.15, 0.2) is 0 Å². The van der Waals surface area contributed by atoms with Crippen molar-refractivity contribution in [1.82, 2.24) is 10.2 Å². The molecule has 0 unspecified atom stereocenters. The van der Waals surface area contributed by atoms with Gasteiger partial charge in [-0.1, -0.05) is 0 Å². The first-order chi connectivity index (χ1) is 7.92. The molecular weight excluding hydrogens is 269 g/mol. The van der Waals surface area contributed by atoms with E-state index in [9.17, 15) is 18.0 Å². The van der Waals surface area contributed by atoms with Crippen LogP contribution in [0.1, 0.15) is 25.7 Å². The average molecular weight is 289 g/mol. The van der Waals surface area contributed by atoms with Crippen LogP contribution in [0.15, 0.2) is 0 Å². The van der Waals surface area contributed by atoms with Crippen molar-refractivity contribution in [3.63, 3.8) is 0 Å². The summed E-state index contributed by atoms with van der Waals surface area (Å²) in [5, 5.41) is 3.07. The molecule has 0 aromatic rings. The van der Waals surface area contributed by atoms with Crippen molar-refractivity contribution in [2.24, 2.45) is 5.92 Å². The Bertz CT molecular complexity index is 253. The first-order valence-corrected chi connectivity index (χ1v) is 5.91. The Labute approximate surface area is 112 Å². The van der Waals surface area contributed by atoms with E-state index < -0.39 is 19.0 Å². The van der Waals surface area contributed by atoms with Crippen LogP contribution in [0.5, 0.6) is 0 Å². The van der Waals surface area contributed by atoms with Crippen molar-refractivity contribution >= 4 is 18.3 Å². The number of carbonyl (C=O) groups is 1. The maximum absolute atomic E-state index is 12.0. The zero-order valence-electron chi connectivity index (χ0n) is 10.4. The molecule has 1 fully saturated rings. The van der Waals surface area contributed by atoms with E-state index in [-0.39, 0.29) is 18.3 Å². The number of alkyl halides is 3. The predicted molar refractivity (Wildman–Crippen MR) is 65.8 cm³/mol. The number of carbonyl (C=O) groups excluding carboxylic acids is 1. The predicted octanol–water partition coefficient (Wildman–Crippen LogP) is 2.21. The van der Waals surface area contributed by atoms with Gasteiger partial charge < -0.3 is 10.2 Å². The van der Waals surface area contributed by atoms with Gasteiger partial charge in [0, 0.05) is 19.5 Å². The summed E-state index contributed by atoms with van der Waals surface area (Å²) in [6.45, 7) is 2.08. The molecule has 1 amide bonds. The Hall–Kier alpha value is -0.490. The molecule has 1 saturated heterocycles. The topological polar surface area (TPSA) is 32.3 Å². The summed E-state index contributed by atoms with van der Waals surface area (Å²) in [5.41, 5.74) is 0. The fourth-order valence-electron chi connectivity index (χ4n) is 2.08. The largest absolute Gasteiger partial charge is 0.389 e. The van der Waals surface area contributed by atoms with Crippen molar-refractivity contribution in [1.29, 1.82) is 0 Å². The van der Waals surface area contributed by atoms with Gasteiger partial charge in [-0.15, -0.1) is 12.4 Å². The van der Waals surface area contributed by atoms with Crippen molar-refractivity contribution in [3.8, 4) is 0 Å². The molecule has 1 N–H and O–H groups in total. The highest BCUT2D eigenvalue weighted by atomic mass is 35.5. The molecule has 1 aliphatic rings. The molecule has 0 aromatic heterocycles. The monoisotopic (exact) mass is 288 g/mol. The molecule has 0 spiro atoms. The van der Waals surface area contributed by atoms with Crippen LogP contribution in [-0.4, -0.2) is 43.7 Å². The highest BCUT2D eigenvalue weighted by molar-refractivity contribution is 5.85. The van der Waals surface area contributed by atoms with Crippen LogP contribution in [0, 0.1) is 5.92 Å². The van der Waals surface area contributed by atoms with E-state index in [0.717, 1.165) is 19.4 Å². The second kappa shape index (κ2) is 7.84. The maximum Gasteiger partial charge on any atom is 0.389 e.